The van der Waals surface area contributed by atoms with Crippen LogP contribution in [-0.2, 0) is 0 Å². The van der Waals surface area contributed by atoms with E-state index >= 15 is 0 Å². The first kappa shape index (κ1) is 13.9. The summed E-state index contributed by atoms with van der Waals surface area (Å²) < 4.78 is 5.84. The summed E-state index contributed by atoms with van der Waals surface area (Å²) in [6, 6.07) is 7.25. The molecule has 1 aromatic carbocycles. The largest absolute Gasteiger partial charge is 0.490 e. The van der Waals surface area contributed by atoms with Crippen molar-refractivity contribution >= 4 is 5.91 Å². The molecule has 0 unspecified atom stereocenters. The summed E-state index contributed by atoms with van der Waals surface area (Å²) in [5.41, 5.74) is 0.622. The molecule has 19 heavy (non-hydrogen) atoms. The van der Waals surface area contributed by atoms with Crippen molar-refractivity contribution in [2.75, 3.05) is 13.2 Å². The van der Waals surface area contributed by atoms with Crippen molar-refractivity contribution in [3.05, 3.63) is 29.8 Å². The van der Waals surface area contributed by atoms with Crippen molar-refractivity contribution in [3.63, 3.8) is 0 Å². The van der Waals surface area contributed by atoms with E-state index in [1.54, 1.807) is 12.1 Å². The topological polar surface area (TPSA) is 58.6 Å². The van der Waals surface area contributed by atoms with Gasteiger partial charge in [0.15, 0.2) is 0 Å². The van der Waals surface area contributed by atoms with Gasteiger partial charge in [-0.1, -0.05) is 0 Å². The molecule has 4 heteroatoms. The standard InChI is InChI=1S/C15H21NO3/c17-11-3-10-16-15(18)12-6-8-14(9-7-12)19-13-4-1-2-5-13/h6-9,13,17H,1-5,10-11H2,(H,16,18). The summed E-state index contributed by atoms with van der Waals surface area (Å²) >= 11 is 0. The highest BCUT2D eigenvalue weighted by Gasteiger charge is 2.16. The Labute approximate surface area is 113 Å². The third-order valence-electron chi connectivity index (χ3n) is 3.34. The lowest BCUT2D eigenvalue weighted by Crippen LogP contribution is -2.24. The molecule has 0 heterocycles. The van der Waals surface area contributed by atoms with Crippen LogP contribution in [0.25, 0.3) is 0 Å². The van der Waals surface area contributed by atoms with Gasteiger partial charge in [-0.05, 0) is 56.4 Å². The van der Waals surface area contributed by atoms with E-state index in [4.69, 9.17) is 9.84 Å². The minimum atomic E-state index is -0.110. The third kappa shape index (κ3) is 4.24. The van der Waals surface area contributed by atoms with Crippen LogP contribution in [0.2, 0.25) is 0 Å². The van der Waals surface area contributed by atoms with E-state index in [1.807, 2.05) is 12.1 Å². The normalized spacial score (nSPS) is 15.4. The number of nitrogens with one attached hydrogen (secondary N) is 1. The summed E-state index contributed by atoms with van der Waals surface area (Å²) in [6.45, 7) is 0.587. The van der Waals surface area contributed by atoms with Crippen LogP contribution in [0.4, 0.5) is 0 Å². The molecule has 0 atom stereocenters. The monoisotopic (exact) mass is 263 g/mol. The van der Waals surface area contributed by atoms with E-state index in [0.717, 1.165) is 18.6 Å². The molecular formula is C15H21NO3. The number of benzene rings is 1. The Kier molecular flexibility index (Phi) is 5.21. The van der Waals surface area contributed by atoms with Crippen molar-refractivity contribution in [1.82, 2.24) is 5.32 Å². The predicted octanol–water partition coefficient (Wildman–Crippen LogP) is 2.12. The molecule has 0 aromatic heterocycles. The molecule has 0 aliphatic heterocycles. The Morgan fingerprint density at radius 3 is 2.58 bits per heavy atom. The summed E-state index contributed by atoms with van der Waals surface area (Å²) in [4.78, 5) is 11.7. The van der Waals surface area contributed by atoms with Crippen molar-refractivity contribution in [1.29, 1.82) is 0 Å². The molecule has 1 amide bonds. The van der Waals surface area contributed by atoms with Gasteiger partial charge in [0, 0.05) is 18.7 Å². The van der Waals surface area contributed by atoms with E-state index in [9.17, 15) is 4.79 Å². The second-order valence-corrected chi connectivity index (χ2v) is 4.88. The van der Waals surface area contributed by atoms with Crippen molar-refractivity contribution in [2.24, 2.45) is 0 Å². The number of aliphatic hydroxyl groups is 1. The van der Waals surface area contributed by atoms with Crippen LogP contribution in [0.5, 0.6) is 5.75 Å². The second-order valence-electron chi connectivity index (χ2n) is 4.88. The zero-order valence-electron chi connectivity index (χ0n) is 11.1. The van der Waals surface area contributed by atoms with E-state index in [0.29, 0.717) is 24.6 Å². The van der Waals surface area contributed by atoms with Gasteiger partial charge in [0.25, 0.3) is 5.91 Å². The highest BCUT2D eigenvalue weighted by Crippen LogP contribution is 2.24. The van der Waals surface area contributed by atoms with Crippen molar-refractivity contribution in [2.45, 2.75) is 38.2 Å². The predicted molar refractivity (Wildman–Crippen MR) is 73.4 cm³/mol. The molecule has 1 aliphatic rings. The fraction of sp³-hybridized carbons (Fsp3) is 0.533. The van der Waals surface area contributed by atoms with Crippen LogP contribution >= 0.6 is 0 Å². The van der Waals surface area contributed by atoms with Gasteiger partial charge in [-0.25, -0.2) is 0 Å². The quantitative estimate of drug-likeness (QED) is 0.773. The van der Waals surface area contributed by atoms with E-state index < -0.39 is 0 Å². The maximum Gasteiger partial charge on any atom is 0.251 e. The minimum absolute atomic E-state index is 0.0917. The number of ether oxygens (including phenoxy) is 1. The smallest absolute Gasteiger partial charge is 0.251 e. The SMILES string of the molecule is O=C(NCCCO)c1ccc(OC2CCCC2)cc1. The molecule has 2 rings (SSSR count). The third-order valence-corrected chi connectivity index (χ3v) is 3.34. The Morgan fingerprint density at radius 1 is 1.26 bits per heavy atom. The minimum Gasteiger partial charge on any atom is -0.490 e. The first-order valence-corrected chi connectivity index (χ1v) is 6.95. The lowest BCUT2D eigenvalue weighted by atomic mass is 10.2. The molecule has 1 aliphatic carbocycles. The lowest BCUT2D eigenvalue weighted by molar-refractivity contribution is 0.0951. The average Bonchev–Trinajstić information content (AvgIpc) is 2.93. The number of carbonyl (C=O) groups excluding carboxylic acids is 1. The number of amides is 1. The van der Waals surface area contributed by atoms with Crippen LogP contribution in [0, 0.1) is 0 Å². The molecule has 4 nitrogen and oxygen atoms in total. The van der Waals surface area contributed by atoms with Gasteiger partial charge in [-0.3, -0.25) is 4.79 Å². The summed E-state index contributed by atoms with van der Waals surface area (Å²) in [6.07, 6.45) is 5.66. The Morgan fingerprint density at radius 2 is 1.95 bits per heavy atom. The highest BCUT2D eigenvalue weighted by molar-refractivity contribution is 5.94. The van der Waals surface area contributed by atoms with Gasteiger partial charge in [-0.15, -0.1) is 0 Å². The van der Waals surface area contributed by atoms with Gasteiger partial charge < -0.3 is 15.2 Å². The number of carbonyl (C=O) groups is 1. The van der Waals surface area contributed by atoms with Crippen molar-refractivity contribution < 1.29 is 14.6 Å². The van der Waals surface area contributed by atoms with Gasteiger partial charge in [0.05, 0.1) is 6.10 Å². The molecule has 0 bridgehead atoms. The number of hydrogen-bond acceptors (Lipinski definition) is 3. The molecular weight excluding hydrogens is 242 g/mol. The Bertz CT molecular complexity index is 396. The number of rotatable bonds is 6. The van der Waals surface area contributed by atoms with E-state index in [2.05, 4.69) is 5.32 Å². The van der Waals surface area contributed by atoms with E-state index in [1.165, 1.54) is 12.8 Å². The van der Waals surface area contributed by atoms with Gasteiger partial charge in [-0.2, -0.15) is 0 Å². The van der Waals surface area contributed by atoms with E-state index in [-0.39, 0.29) is 12.5 Å². The molecule has 0 saturated heterocycles. The Balaban J connectivity index is 1.84. The Hall–Kier alpha value is -1.55. The average molecular weight is 263 g/mol. The maximum atomic E-state index is 11.7. The van der Waals surface area contributed by atoms with Gasteiger partial charge in [0.2, 0.25) is 0 Å². The van der Waals surface area contributed by atoms with Crippen LogP contribution in [0.15, 0.2) is 24.3 Å². The summed E-state index contributed by atoms with van der Waals surface area (Å²) in [5, 5.41) is 11.4. The number of hydrogen-bond donors (Lipinski definition) is 2. The molecule has 104 valence electrons. The lowest BCUT2D eigenvalue weighted by Gasteiger charge is -2.13. The van der Waals surface area contributed by atoms with Crippen LogP contribution in [-0.4, -0.2) is 30.3 Å². The van der Waals surface area contributed by atoms with Gasteiger partial charge >= 0.3 is 0 Å². The van der Waals surface area contributed by atoms with Crippen LogP contribution in [0.3, 0.4) is 0 Å². The van der Waals surface area contributed by atoms with Crippen LogP contribution < -0.4 is 10.1 Å². The summed E-state index contributed by atoms with van der Waals surface area (Å²) in [7, 11) is 0. The highest BCUT2D eigenvalue weighted by atomic mass is 16.5. The maximum absolute atomic E-state index is 11.7. The number of aliphatic hydroxyl groups excluding tert-OH is 1. The second kappa shape index (κ2) is 7.14. The zero-order valence-corrected chi connectivity index (χ0v) is 11.1. The molecule has 1 aromatic rings. The zero-order chi connectivity index (χ0) is 13.5. The van der Waals surface area contributed by atoms with Gasteiger partial charge in [0.1, 0.15) is 5.75 Å². The fourth-order valence-electron chi connectivity index (χ4n) is 2.27. The molecule has 1 fully saturated rings. The summed E-state index contributed by atoms with van der Waals surface area (Å²) in [5.74, 6) is 0.722. The fourth-order valence-corrected chi connectivity index (χ4v) is 2.27. The molecule has 0 radical (unpaired) electrons. The molecule has 0 spiro atoms. The first-order chi connectivity index (χ1) is 9.29. The van der Waals surface area contributed by atoms with Crippen molar-refractivity contribution in [3.8, 4) is 5.75 Å². The molecule has 2 N–H and O–H groups in total. The first-order valence-electron chi connectivity index (χ1n) is 6.95. The molecule has 1 saturated carbocycles. The van der Waals surface area contributed by atoms with Crippen LogP contribution in [0.1, 0.15) is 42.5 Å².